The molecule has 4 amide bonds. The van der Waals surface area contributed by atoms with Crippen molar-refractivity contribution in [2.45, 2.75) is 13.5 Å². The van der Waals surface area contributed by atoms with E-state index in [0.717, 1.165) is 10.5 Å². The second-order valence-corrected chi connectivity index (χ2v) is 8.63. The van der Waals surface area contributed by atoms with Crippen LogP contribution < -0.4 is 15.0 Å². The van der Waals surface area contributed by atoms with Gasteiger partial charge in [-0.3, -0.25) is 14.9 Å². The molecule has 8 nitrogen and oxygen atoms in total. The summed E-state index contributed by atoms with van der Waals surface area (Å²) in [6, 6.07) is 17.4. The third-order valence-corrected chi connectivity index (χ3v) is 5.82. The molecular formula is C26H19BrN2O6. The molecule has 0 spiro atoms. The summed E-state index contributed by atoms with van der Waals surface area (Å²) in [5.74, 6) is -2.18. The number of rotatable bonds is 6. The van der Waals surface area contributed by atoms with Crippen LogP contribution in [0.4, 0.5) is 10.5 Å². The number of carbonyl (C=O) groups is 4. The number of benzene rings is 3. The Balaban J connectivity index is 1.65. The van der Waals surface area contributed by atoms with E-state index >= 15 is 0 Å². The number of urea groups is 1. The smallest absolute Gasteiger partial charge is 0.335 e. The van der Waals surface area contributed by atoms with Crippen LogP contribution in [0.2, 0.25) is 0 Å². The van der Waals surface area contributed by atoms with E-state index in [1.165, 1.54) is 18.2 Å². The Morgan fingerprint density at radius 1 is 1.06 bits per heavy atom. The lowest BCUT2D eigenvalue weighted by molar-refractivity contribution is -0.122. The fourth-order valence-electron chi connectivity index (χ4n) is 3.51. The molecule has 1 aliphatic heterocycles. The molecule has 2 N–H and O–H groups in total. The van der Waals surface area contributed by atoms with Crippen molar-refractivity contribution in [3.63, 3.8) is 0 Å². The molecule has 1 aliphatic rings. The van der Waals surface area contributed by atoms with Gasteiger partial charge in [0, 0.05) is 10.0 Å². The van der Waals surface area contributed by atoms with Gasteiger partial charge in [0.1, 0.15) is 17.9 Å². The minimum atomic E-state index is -1.02. The number of anilines is 1. The first-order chi connectivity index (χ1) is 16.7. The van der Waals surface area contributed by atoms with Crippen LogP contribution in [-0.4, -0.2) is 28.9 Å². The monoisotopic (exact) mass is 534 g/mol. The first-order valence-electron chi connectivity index (χ1n) is 10.5. The molecule has 3 aromatic rings. The molecule has 9 heteroatoms. The van der Waals surface area contributed by atoms with E-state index in [0.29, 0.717) is 27.0 Å². The Hall–Kier alpha value is -4.24. The number of halogens is 1. The van der Waals surface area contributed by atoms with E-state index in [1.54, 1.807) is 61.5 Å². The van der Waals surface area contributed by atoms with Crippen molar-refractivity contribution in [1.29, 1.82) is 0 Å². The van der Waals surface area contributed by atoms with Gasteiger partial charge in [0.2, 0.25) is 0 Å². The zero-order chi connectivity index (χ0) is 25.1. The lowest BCUT2D eigenvalue weighted by atomic mass is 10.0. The molecule has 1 saturated heterocycles. The van der Waals surface area contributed by atoms with Gasteiger partial charge < -0.3 is 9.84 Å². The van der Waals surface area contributed by atoms with Gasteiger partial charge in [0.15, 0.2) is 0 Å². The van der Waals surface area contributed by atoms with Gasteiger partial charge in [-0.2, -0.15) is 0 Å². The molecule has 0 bridgehead atoms. The number of aromatic carboxylic acids is 1. The number of ether oxygens (including phenoxy) is 1. The van der Waals surface area contributed by atoms with Crippen molar-refractivity contribution in [3.8, 4) is 5.75 Å². The fraction of sp³-hybridized carbons (Fsp3) is 0.0769. The van der Waals surface area contributed by atoms with Crippen molar-refractivity contribution in [2.24, 2.45) is 0 Å². The summed E-state index contributed by atoms with van der Waals surface area (Å²) in [5, 5.41) is 11.3. The largest absolute Gasteiger partial charge is 0.488 e. The van der Waals surface area contributed by atoms with Crippen LogP contribution >= 0.6 is 15.9 Å². The zero-order valence-electron chi connectivity index (χ0n) is 18.4. The summed E-state index contributed by atoms with van der Waals surface area (Å²) in [6.07, 6.45) is 1.38. The molecule has 3 aromatic carbocycles. The maximum Gasteiger partial charge on any atom is 0.335 e. The molecular weight excluding hydrogens is 516 g/mol. The number of barbiturate groups is 1. The summed E-state index contributed by atoms with van der Waals surface area (Å²) >= 11 is 3.39. The van der Waals surface area contributed by atoms with Crippen LogP contribution in [0.3, 0.4) is 0 Å². The van der Waals surface area contributed by atoms with Gasteiger partial charge in [-0.15, -0.1) is 0 Å². The molecule has 1 fully saturated rings. The zero-order valence-corrected chi connectivity index (χ0v) is 20.0. The van der Waals surface area contributed by atoms with Crippen molar-refractivity contribution >= 4 is 51.5 Å². The van der Waals surface area contributed by atoms with Crippen molar-refractivity contribution in [3.05, 3.63) is 99.0 Å². The number of carbonyl (C=O) groups excluding carboxylic acids is 3. The van der Waals surface area contributed by atoms with Crippen molar-refractivity contribution in [1.82, 2.24) is 5.32 Å². The van der Waals surface area contributed by atoms with E-state index in [4.69, 9.17) is 9.84 Å². The molecule has 0 radical (unpaired) electrons. The number of carboxylic acids is 1. The number of hydrogen-bond acceptors (Lipinski definition) is 5. The minimum absolute atomic E-state index is 0.131. The first-order valence-corrected chi connectivity index (χ1v) is 11.3. The molecule has 0 saturated carbocycles. The van der Waals surface area contributed by atoms with Crippen LogP contribution in [-0.2, 0) is 16.2 Å². The number of imide groups is 2. The number of para-hydroxylation sites is 1. The number of nitrogens with one attached hydrogen (secondary N) is 1. The maximum atomic E-state index is 13.2. The Labute approximate surface area is 209 Å². The minimum Gasteiger partial charge on any atom is -0.488 e. The standard InChI is InChI=1S/C26H19BrN2O6/c1-15-4-2-3-5-21(15)29-24(31)20(23(30)28-26(29)34)13-18-12-19(27)10-11-22(18)35-14-16-6-8-17(9-7-16)25(32)33/h2-13H,14H2,1H3,(H,32,33)(H,28,30,34)/b20-13+. The highest BCUT2D eigenvalue weighted by molar-refractivity contribution is 9.10. The lowest BCUT2D eigenvalue weighted by Crippen LogP contribution is -2.54. The van der Waals surface area contributed by atoms with Crippen molar-refractivity contribution in [2.75, 3.05) is 4.90 Å². The third kappa shape index (κ3) is 5.15. The van der Waals surface area contributed by atoms with Crippen LogP contribution in [0.15, 0.2) is 76.8 Å². The van der Waals surface area contributed by atoms with Crippen LogP contribution in [0, 0.1) is 6.92 Å². The highest BCUT2D eigenvalue weighted by atomic mass is 79.9. The summed E-state index contributed by atoms with van der Waals surface area (Å²) in [6.45, 7) is 1.89. The molecule has 176 valence electrons. The van der Waals surface area contributed by atoms with Gasteiger partial charge in [-0.25, -0.2) is 14.5 Å². The van der Waals surface area contributed by atoms with Gasteiger partial charge >= 0.3 is 12.0 Å². The summed E-state index contributed by atoms with van der Waals surface area (Å²) in [5.41, 5.74) is 2.20. The van der Waals surface area contributed by atoms with E-state index < -0.39 is 23.8 Å². The molecule has 0 aromatic heterocycles. The fourth-order valence-corrected chi connectivity index (χ4v) is 3.89. The molecule has 0 aliphatic carbocycles. The Morgan fingerprint density at radius 2 is 1.77 bits per heavy atom. The van der Waals surface area contributed by atoms with E-state index in [2.05, 4.69) is 21.2 Å². The second-order valence-electron chi connectivity index (χ2n) is 7.72. The van der Waals surface area contributed by atoms with Crippen LogP contribution in [0.1, 0.15) is 27.0 Å². The van der Waals surface area contributed by atoms with E-state index in [1.807, 2.05) is 0 Å². The van der Waals surface area contributed by atoms with E-state index in [9.17, 15) is 19.2 Å². The van der Waals surface area contributed by atoms with Gasteiger partial charge in [-0.05, 0) is 60.5 Å². The van der Waals surface area contributed by atoms with Crippen LogP contribution in [0.25, 0.3) is 6.08 Å². The summed E-state index contributed by atoms with van der Waals surface area (Å²) < 4.78 is 6.60. The Bertz CT molecular complexity index is 1380. The average Bonchev–Trinajstić information content (AvgIpc) is 2.82. The number of carboxylic acid groups (broad SMARTS) is 1. The van der Waals surface area contributed by atoms with Gasteiger partial charge in [0.25, 0.3) is 11.8 Å². The Kier molecular flexibility index (Phi) is 6.79. The molecule has 35 heavy (non-hydrogen) atoms. The van der Waals surface area contributed by atoms with Crippen molar-refractivity contribution < 1.29 is 29.0 Å². The van der Waals surface area contributed by atoms with Crippen LogP contribution in [0.5, 0.6) is 5.75 Å². The SMILES string of the molecule is Cc1ccccc1N1C(=O)NC(=O)/C(=C\c2cc(Br)ccc2OCc2ccc(C(=O)O)cc2)C1=O. The number of aryl methyl sites for hydroxylation is 1. The maximum absolute atomic E-state index is 13.2. The molecule has 1 heterocycles. The average molecular weight is 535 g/mol. The first kappa shape index (κ1) is 23.9. The van der Waals surface area contributed by atoms with Gasteiger partial charge in [-0.1, -0.05) is 46.3 Å². The lowest BCUT2D eigenvalue weighted by Gasteiger charge is -2.27. The Morgan fingerprint density at radius 3 is 2.46 bits per heavy atom. The van der Waals surface area contributed by atoms with E-state index in [-0.39, 0.29) is 17.7 Å². The summed E-state index contributed by atoms with van der Waals surface area (Å²) in [7, 11) is 0. The molecule has 0 unspecified atom stereocenters. The highest BCUT2D eigenvalue weighted by Crippen LogP contribution is 2.29. The topological polar surface area (TPSA) is 113 Å². The number of amides is 4. The second kappa shape index (κ2) is 9.94. The molecule has 0 atom stereocenters. The molecule has 4 rings (SSSR count). The quantitative estimate of drug-likeness (QED) is 0.350. The highest BCUT2D eigenvalue weighted by Gasteiger charge is 2.37. The normalized spacial score (nSPS) is 14.7. The number of hydrogen-bond donors (Lipinski definition) is 2. The predicted molar refractivity (Wildman–Crippen MR) is 132 cm³/mol. The summed E-state index contributed by atoms with van der Waals surface area (Å²) in [4.78, 5) is 50.3. The van der Waals surface area contributed by atoms with Gasteiger partial charge in [0.05, 0.1) is 11.3 Å². The third-order valence-electron chi connectivity index (χ3n) is 5.32. The number of nitrogens with zero attached hydrogens (tertiary/aromatic N) is 1. The predicted octanol–water partition coefficient (Wildman–Crippen LogP) is 4.70.